The molecule has 0 saturated carbocycles. The number of nitrogens with zero attached hydrogens (tertiary/aromatic N) is 4. The number of fused-ring (bicyclic) bond motifs is 1. The molecule has 1 N–H and O–H groups in total. The van der Waals surface area contributed by atoms with Crippen molar-refractivity contribution in [1.29, 1.82) is 0 Å². The maximum atomic E-state index is 13.4. The molecule has 4 aromatic rings. The summed E-state index contributed by atoms with van der Waals surface area (Å²) in [6.07, 6.45) is -7.03. The smallest absolute Gasteiger partial charge is 0.406 e. The van der Waals surface area contributed by atoms with Gasteiger partial charge < -0.3 is 19.5 Å². The Kier molecular flexibility index (Phi) is 6.37. The summed E-state index contributed by atoms with van der Waals surface area (Å²) >= 11 is 0. The summed E-state index contributed by atoms with van der Waals surface area (Å²) in [6.45, 7) is 1.66. The predicted octanol–water partition coefficient (Wildman–Crippen LogP) is 5.86. The van der Waals surface area contributed by atoms with Crippen molar-refractivity contribution in [2.45, 2.75) is 25.5 Å². The van der Waals surface area contributed by atoms with Crippen LogP contribution in [0.3, 0.4) is 0 Å². The lowest BCUT2D eigenvalue weighted by atomic mass is 10.2. The first-order valence-electron chi connectivity index (χ1n) is 11.4. The quantitative estimate of drug-likeness (QED) is 0.313. The van der Waals surface area contributed by atoms with Gasteiger partial charge in [-0.2, -0.15) is 13.2 Å². The Bertz CT molecular complexity index is 1460. The number of hydrogen-bond acceptors (Lipinski definition) is 5. The lowest BCUT2D eigenvalue weighted by Gasteiger charge is -2.31. The standard InChI is InChI=1S/C25H19F6N5O2/c26-24(27,28)20-8-4-16-12-19(23(37)33-17-5-9-21(32-13-17)35-10-1-11-35)36(22(16)34-20)14-15-2-6-18(7-3-15)38-25(29,30)31/h2-9,12-13H,1,10-11,14H2,(H,33,37). The molecule has 0 spiro atoms. The van der Waals surface area contributed by atoms with E-state index in [0.29, 0.717) is 11.3 Å². The molecule has 1 fully saturated rings. The van der Waals surface area contributed by atoms with Crippen LogP contribution >= 0.6 is 0 Å². The van der Waals surface area contributed by atoms with Gasteiger partial charge in [0.25, 0.3) is 5.91 Å². The molecule has 4 heterocycles. The second kappa shape index (κ2) is 9.54. The zero-order chi connectivity index (χ0) is 27.1. The normalized spacial score (nSPS) is 13.9. The maximum Gasteiger partial charge on any atom is 0.573 e. The molecule has 0 aliphatic carbocycles. The van der Waals surface area contributed by atoms with Crippen LogP contribution in [-0.4, -0.2) is 39.9 Å². The number of benzene rings is 1. The average molecular weight is 535 g/mol. The van der Waals surface area contributed by atoms with E-state index < -0.39 is 29.9 Å². The van der Waals surface area contributed by atoms with Gasteiger partial charge in [-0.25, -0.2) is 9.97 Å². The first-order valence-corrected chi connectivity index (χ1v) is 11.4. The van der Waals surface area contributed by atoms with Crippen LogP contribution in [-0.2, 0) is 12.7 Å². The molecule has 198 valence electrons. The van der Waals surface area contributed by atoms with Gasteiger partial charge in [0.15, 0.2) is 0 Å². The molecule has 5 rings (SSSR count). The third-order valence-electron chi connectivity index (χ3n) is 5.95. The number of nitrogens with one attached hydrogen (secondary N) is 1. The van der Waals surface area contributed by atoms with Crippen molar-refractivity contribution >= 4 is 28.4 Å². The van der Waals surface area contributed by atoms with Crippen LogP contribution in [0.5, 0.6) is 5.75 Å². The topological polar surface area (TPSA) is 72.3 Å². The minimum atomic E-state index is -4.87. The zero-order valence-corrected chi connectivity index (χ0v) is 19.5. The summed E-state index contributed by atoms with van der Waals surface area (Å²) in [5, 5.41) is 2.98. The van der Waals surface area contributed by atoms with Gasteiger partial charge in [-0.3, -0.25) is 4.79 Å². The molecule has 3 aromatic heterocycles. The monoisotopic (exact) mass is 535 g/mol. The van der Waals surface area contributed by atoms with E-state index in [9.17, 15) is 31.1 Å². The number of rotatable bonds is 6. The minimum Gasteiger partial charge on any atom is -0.406 e. The number of amides is 1. The van der Waals surface area contributed by atoms with E-state index in [0.717, 1.165) is 43.5 Å². The largest absolute Gasteiger partial charge is 0.573 e. The van der Waals surface area contributed by atoms with Crippen LogP contribution in [0.2, 0.25) is 0 Å². The molecule has 38 heavy (non-hydrogen) atoms. The predicted molar refractivity (Wildman–Crippen MR) is 126 cm³/mol. The summed E-state index contributed by atoms with van der Waals surface area (Å²) in [7, 11) is 0. The first kappa shape index (κ1) is 25.4. The molecule has 0 unspecified atom stereocenters. The number of halogens is 6. The van der Waals surface area contributed by atoms with E-state index in [1.165, 1.54) is 35.0 Å². The number of carbonyl (C=O) groups excluding carboxylic acids is 1. The molecule has 1 saturated heterocycles. The van der Waals surface area contributed by atoms with Gasteiger partial charge in [-0.05, 0) is 54.4 Å². The van der Waals surface area contributed by atoms with Crippen molar-refractivity contribution in [3.05, 3.63) is 77.7 Å². The van der Waals surface area contributed by atoms with Gasteiger partial charge in [0.05, 0.1) is 11.9 Å². The number of ether oxygens (including phenoxy) is 1. The van der Waals surface area contributed by atoms with E-state index in [2.05, 4.69) is 24.9 Å². The van der Waals surface area contributed by atoms with Crippen LogP contribution in [0.25, 0.3) is 11.0 Å². The Hall–Kier alpha value is -4.29. The summed E-state index contributed by atoms with van der Waals surface area (Å²) in [5.74, 6) is -0.305. The van der Waals surface area contributed by atoms with Crippen LogP contribution in [0, 0.1) is 0 Å². The highest BCUT2D eigenvalue weighted by atomic mass is 19.4. The number of hydrogen-bond donors (Lipinski definition) is 1. The van der Waals surface area contributed by atoms with Gasteiger partial charge in [0.1, 0.15) is 28.6 Å². The van der Waals surface area contributed by atoms with Crippen LogP contribution in [0.15, 0.2) is 60.8 Å². The van der Waals surface area contributed by atoms with Gasteiger partial charge in [0, 0.05) is 25.0 Å². The van der Waals surface area contributed by atoms with Gasteiger partial charge >= 0.3 is 12.5 Å². The molecule has 1 amide bonds. The second-order valence-corrected chi connectivity index (χ2v) is 8.61. The van der Waals surface area contributed by atoms with Gasteiger partial charge in [-0.15, -0.1) is 13.2 Å². The van der Waals surface area contributed by atoms with E-state index in [-0.39, 0.29) is 23.3 Å². The molecule has 1 aliphatic heterocycles. The Morgan fingerprint density at radius 2 is 1.71 bits per heavy atom. The van der Waals surface area contributed by atoms with Gasteiger partial charge in [-0.1, -0.05) is 12.1 Å². The fraction of sp³-hybridized carbons (Fsp3) is 0.240. The van der Waals surface area contributed by atoms with Crippen molar-refractivity contribution in [3.63, 3.8) is 0 Å². The Morgan fingerprint density at radius 1 is 0.974 bits per heavy atom. The van der Waals surface area contributed by atoms with E-state index in [1.807, 2.05) is 0 Å². The molecular formula is C25H19F6N5O2. The number of aromatic nitrogens is 3. The number of anilines is 2. The molecular weight excluding hydrogens is 516 g/mol. The third kappa shape index (κ3) is 5.50. The lowest BCUT2D eigenvalue weighted by molar-refractivity contribution is -0.274. The summed E-state index contributed by atoms with van der Waals surface area (Å²) in [6, 6.07) is 11.7. The van der Waals surface area contributed by atoms with E-state index in [4.69, 9.17) is 0 Å². The maximum absolute atomic E-state index is 13.4. The van der Waals surface area contributed by atoms with Crippen molar-refractivity contribution in [1.82, 2.24) is 14.5 Å². The summed E-state index contributed by atoms with van der Waals surface area (Å²) in [5.41, 5.74) is -0.448. The number of alkyl halides is 6. The summed E-state index contributed by atoms with van der Waals surface area (Å²) < 4.78 is 82.7. The van der Waals surface area contributed by atoms with Crippen molar-refractivity contribution < 1.29 is 35.9 Å². The van der Waals surface area contributed by atoms with Crippen LogP contribution in [0.1, 0.15) is 28.2 Å². The molecule has 0 atom stereocenters. The number of pyridine rings is 2. The van der Waals surface area contributed by atoms with Crippen LogP contribution in [0.4, 0.5) is 37.8 Å². The average Bonchev–Trinajstić information content (AvgIpc) is 3.17. The molecule has 0 radical (unpaired) electrons. The summed E-state index contributed by atoms with van der Waals surface area (Å²) in [4.78, 5) is 23.3. The van der Waals surface area contributed by atoms with Crippen LogP contribution < -0.4 is 15.0 Å². The molecule has 1 aliphatic rings. The highest BCUT2D eigenvalue weighted by molar-refractivity contribution is 6.06. The first-order chi connectivity index (χ1) is 18.0. The lowest BCUT2D eigenvalue weighted by Crippen LogP contribution is -2.37. The highest BCUT2D eigenvalue weighted by Gasteiger charge is 2.33. The molecule has 1 aromatic carbocycles. The zero-order valence-electron chi connectivity index (χ0n) is 19.5. The van der Waals surface area contributed by atoms with Crippen molar-refractivity contribution in [2.24, 2.45) is 0 Å². The Balaban J connectivity index is 1.47. The second-order valence-electron chi connectivity index (χ2n) is 8.61. The number of carbonyl (C=O) groups is 1. The molecule has 13 heteroatoms. The SMILES string of the molecule is O=C(Nc1ccc(N2CCC2)nc1)c1cc2ccc(C(F)(F)F)nc2n1Cc1ccc(OC(F)(F)F)cc1. The Labute approximate surface area is 211 Å². The van der Waals surface area contributed by atoms with E-state index in [1.54, 1.807) is 12.1 Å². The Morgan fingerprint density at radius 3 is 2.29 bits per heavy atom. The fourth-order valence-electron chi connectivity index (χ4n) is 4.00. The van der Waals surface area contributed by atoms with Gasteiger partial charge in [0.2, 0.25) is 0 Å². The molecule has 0 bridgehead atoms. The highest BCUT2D eigenvalue weighted by Crippen LogP contribution is 2.31. The minimum absolute atomic E-state index is 0.00858. The fourth-order valence-corrected chi connectivity index (χ4v) is 4.00. The molecule has 7 nitrogen and oxygen atoms in total. The van der Waals surface area contributed by atoms with Crippen molar-refractivity contribution in [3.8, 4) is 5.75 Å². The van der Waals surface area contributed by atoms with Crippen molar-refractivity contribution in [2.75, 3.05) is 23.3 Å². The third-order valence-corrected chi connectivity index (χ3v) is 5.95. The van der Waals surface area contributed by atoms with E-state index >= 15 is 0 Å².